The van der Waals surface area contributed by atoms with E-state index in [1.165, 1.54) is 5.56 Å². The van der Waals surface area contributed by atoms with Gasteiger partial charge in [0.15, 0.2) is 0 Å². The summed E-state index contributed by atoms with van der Waals surface area (Å²) in [5.41, 5.74) is 1.19. The first kappa shape index (κ1) is 16.8. The molecule has 0 spiro atoms. The average Bonchev–Trinajstić information content (AvgIpc) is 2.63. The van der Waals surface area contributed by atoms with E-state index in [9.17, 15) is 4.79 Å². The molecule has 0 N–H and O–H groups in total. The van der Waals surface area contributed by atoms with Crippen LogP contribution in [0, 0.1) is 0 Å². The second-order valence-corrected chi connectivity index (χ2v) is 6.42. The molecule has 1 saturated heterocycles. The van der Waals surface area contributed by atoms with Crippen molar-refractivity contribution in [3.8, 4) is 5.75 Å². The first-order valence-electron chi connectivity index (χ1n) is 8.30. The number of halogens is 1. The monoisotopic (exact) mass is 344 g/mol. The van der Waals surface area contributed by atoms with E-state index in [0.717, 1.165) is 25.8 Å². The number of amides is 1. The van der Waals surface area contributed by atoms with Crippen molar-refractivity contribution in [3.63, 3.8) is 0 Å². The Morgan fingerprint density at radius 3 is 2.92 bits per heavy atom. The van der Waals surface area contributed by atoms with Crippen LogP contribution in [0.5, 0.6) is 5.75 Å². The number of rotatable bonds is 5. The minimum absolute atomic E-state index is 0.0145. The van der Waals surface area contributed by atoms with Crippen LogP contribution in [0.3, 0.4) is 0 Å². The van der Waals surface area contributed by atoms with E-state index >= 15 is 0 Å². The zero-order chi connectivity index (χ0) is 16.8. The van der Waals surface area contributed by atoms with Crippen molar-refractivity contribution in [2.75, 3.05) is 13.1 Å². The highest BCUT2D eigenvalue weighted by Crippen LogP contribution is 2.25. The second kappa shape index (κ2) is 8.15. The Morgan fingerprint density at radius 1 is 1.29 bits per heavy atom. The summed E-state index contributed by atoms with van der Waals surface area (Å²) >= 11 is 6.09. The smallest absolute Gasteiger partial charge is 0.223 e. The maximum atomic E-state index is 12.5. The minimum Gasteiger partial charge on any atom is -0.487 e. The maximum Gasteiger partial charge on any atom is 0.223 e. The molecule has 3 rings (SSSR count). The summed E-state index contributed by atoms with van der Waals surface area (Å²) in [6, 6.07) is 11.9. The van der Waals surface area contributed by atoms with E-state index in [1.807, 2.05) is 23.1 Å². The van der Waals surface area contributed by atoms with Crippen molar-refractivity contribution in [1.29, 1.82) is 0 Å². The number of ether oxygens (including phenoxy) is 1. The van der Waals surface area contributed by atoms with Crippen LogP contribution in [0.4, 0.5) is 0 Å². The van der Waals surface area contributed by atoms with E-state index in [0.29, 0.717) is 23.7 Å². The van der Waals surface area contributed by atoms with Gasteiger partial charge in [0, 0.05) is 31.4 Å². The quantitative estimate of drug-likeness (QED) is 0.829. The number of carbonyl (C=O) groups excluding carboxylic acids is 1. The van der Waals surface area contributed by atoms with Crippen LogP contribution >= 0.6 is 11.6 Å². The van der Waals surface area contributed by atoms with Crippen LogP contribution in [0.1, 0.15) is 24.8 Å². The van der Waals surface area contributed by atoms with E-state index in [-0.39, 0.29) is 12.0 Å². The molecular formula is C19H21ClN2O2. The van der Waals surface area contributed by atoms with Crippen molar-refractivity contribution in [2.24, 2.45) is 0 Å². The first-order chi connectivity index (χ1) is 11.7. The molecule has 4 nitrogen and oxygen atoms in total. The van der Waals surface area contributed by atoms with Gasteiger partial charge in [0.1, 0.15) is 16.9 Å². The van der Waals surface area contributed by atoms with Gasteiger partial charge in [-0.2, -0.15) is 0 Å². The van der Waals surface area contributed by atoms with Crippen LogP contribution < -0.4 is 4.74 Å². The van der Waals surface area contributed by atoms with E-state index in [2.05, 4.69) is 17.1 Å². The highest BCUT2D eigenvalue weighted by Gasteiger charge is 2.25. The van der Waals surface area contributed by atoms with Gasteiger partial charge in [-0.15, -0.1) is 0 Å². The summed E-state index contributed by atoms with van der Waals surface area (Å²) in [4.78, 5) is 18.3. The minimum atomic E-state index is -0.0145. The third-order valence-corrected chi connectivity index (χ3v) is 4.51. The summed E-state index contributed by atoms with van der Waals surface area (Å²) < 4.78 is 5.96. The number of likely N-dealkylation sites (tertiary alicyclic amines) is 1. The summed E-state index contributed by atoms with van der Waals surface area (Å²) in [5.74, 6) is 0.822. The summed E-state index contributed by atoms with van der Waals surface area (Å²) in [6.07, 6.45) is 6.41. The highest BCUT2D eigenvalue weighted by molar-refractivity contribution is 6.31. The topological polar surface area (TPSA) is 42.4 Å². The summed E-state index contributed by atoms with van der Waals surface area (Å²) in [5, 5.41) is 0.505. The van der Waals surface area contributed by atoms with E-state index < -0.39 is 0 Å². The fraction of sp³-hybridized carbons (Fsp3) is 0.368. The van der Waals surface area contributed by atoms with E-state index in [4.69, 9.17) is 16.3 Å². The van der Waals surface area contributed by atoms with Crippen LogP contribution in [-0.4, -0.2) is 35.0 Å². The van der Waals surface area contributed by atoms with Crippen molar-refractivity contribution in [2.45, 2.75) is 31.8 Å². The first-order valence-corrected chi connectivity index (χ1v) is 8.68. The fourth-order valence-corrected chi connectivity index (χ4v) is 3.12. The van der Waals surface area contributed by atoms with Crippen molar-refractivity contribution in [3.05, 3.63) is 59.4 Å². The van der Waals surface area contributed by atoms with Crippen LogP contribution in [0.2, 0.25) is 5.02 Å². The van der Waals surface area contributed by atoms with E-state index in [1.54, 1.807) is 18.5 Å². The number of hydrogen-bond acceptors (Lipinski definition) is 3. The number of benzene rings is 1. The molecule has 1 unspecified atom stereocenters. The Hall–Kier alpha value is -2.07. The molecule has 126 valence electrons. The largest absolute Gasteiger partial charge is 0.487 e. The molecule has 5 heteroatoms. The molecular weight excluding hydrogens is 324 g/mol. The number of aromatic nitrogens is 1. The lowest BCUT2D eigenvalue weighted by Gasteiger charge is -2.33. The van der Waals surface area contributed by atoms with Crippen molar-refractivity contribution < 1.29 is 9.53 Å². The van der Waals surface area contributed by atoms with Gasteiger partial charge in [-0.05, 0) is 24.8 Å². The third kappa shape index (κ3) is 4.48. The predicted octanol–water partition coefficient (Wildman–Crippen LogP) is 3.74. The lowest BCUT2D eigenvalue weighted by molar-refractivity contribution is -0.133. The molecule has 0 radical (unpaired) electrons. The molecule has 1 amide bonds. The van der Waals surface area contributed by atoms with Crippen LogP contribution in [0.15, 0.2) is 48.8 Å². The van der Waals surface area contributed by atoms with Crippen molar-refractivity contribution in [1.82, 2.24) is 9.88 Å². The molecule has 2 aromatic rings. The lowest BCUT2D eigenvalue weighted by Crippen LogP contribution is -2.44. The number of pyridine rings is 1. The lowest BCUT2D eigenvalue weighted by atomic mass is 10.1. The number of piperidine rings is 1. The predicted molar refractivity (Wildman–Crippen MR) is 94.2 cm³/mol. The van der Waals surface area contributed by atoms with Gasteiger partial charge < -0.3 is 9.64 Å². The molecule has 0 aliphatic carbocycles. The molecule has 2 heterocycles. The molecule has 1 fully saturated rings. The standard InChI is InChI=1S/C19H21ClN2O2/c20-17-13-21-11-10-18(17)24-16-7-4-12-22(14-16)19(23)9-8-15-5-2-1-3-6-15/h1-3,5-6,10-11,13,16H,4,7-9,12,14H2. The van der Waals surface area contributed by atoms with Crippen LogP contribution in [-0.2, 0) is 11.2 Å². The van der Waals surface area contributed by atoms with Gasteiger partial charge in [0.25, 0.3) is 0 Å². The van der Waals surface area contributed by atoms with Gasteiger partial charge >= 0.3 is 0 Å². The zero-order valence-electron chi connectivity index (χ0n) is 13.5. The summed E-state index contributed by atoms with van der Waals surface area (Å²) in [7, 11) is 0. The molecule has 1 aromatic carbocycles. The number of aryl methyl sites for hydroxylation is 1. The Kier molecular flexibility index (Phi) is 5.70. The molecule has 24 heavy (non-hydrogen) atoms. The highest BCUT2D eigenvalue weighted by atomic mass is 35.5. The fourth-order valence-electron chi connectivity index (χ4n) is 2.95. The Labute approximate surface area is 147 Å². The molecule has 1 aliphatic rings. The SMILES string of the molecule is O=C(CCc1ccccc1)N1CCCC(Oc2ccncc2Cl)C1. The third-order valence-electron chi connectivity index (χ3n) is 4.23. The van der Waals surface area contributed by atoms with Crippen LogP contribution in [0.25, 0.3) is 0 Å². The van der Waals surface area contributed by atoms with Gasteiger partial charge in [-0.1, -0.05) is 41.9 Å². The van der Waals surface area contributed by atoms with Crippen molar-refractivity contribution >= 4 is 17.5 Å². The van der Waals surface area contributed by atoms with Gasteiger partial charge in [0.2, 0.25) is 5.91 Å². The number of hydrogen-bond donors (Lipinski definition) is 0. The molecule has 1 aromatic heterocycles. The zero-order valence-corrected chi connectivity index (χ0v) is 14.3. The molecule has 0 saturated carbocycles. The second-order valence-electron chi connectivity index (χ2n) is 6.01. The normalized spacial score (nSPS) is 17.5. The molecule has 1 atom stereocenters. The maximum absolute atomic E-state index is 12.5. The Balaban J connectivity index is 1.53. The Morgan fingerprint density at radius 2 is 2.12 bits per heavy atom. The number of carbonyl (C=O) groups is 1. The van der Waals surface area contributed by atoms with Gasteiger partial charge in [-0.3, -0.25) is 9.78 Å². The van der Waals surface area contributed by atoms with Gasteiger partial charge in [-0.25, -0.2) is 0 Å². The molecule has 1 aliphatic heterocycles. The molecule has 0 bridgehead atoms. The average molecular weight is 345 g/mol. The van der Waals surface area contributed by atoms with Gasteiger partial charge in [0.05, 0.1) is 6.54 Å². The number of nitrogens with zero attached hydrogens (tertiary/aromatic N) is 2. The Bertz CT molecular complexity index is 678. The summed E-state index contributed by atoms with van der Waals surface area (Å²) in [6.45, 7) is 1.42.